The summed E-state index contributed by atoms with van der Waals surface area (Å²) in [4.78, 5) is 23.9. The molecule has 0 bridgehead atoms. The van der Waals surface area contributed by atoms with Crippen LogP contribution in [0, 0.1) is 0 Å². The maximum Gasteiger partial charge on any atom is 0.342 e. The average molecular weight is 360 g/mol. The fourth-order valence-corrected chi connectivity index (χ4v) is 3.55. The molecule has 4 heteroatoms. The lowest BCUT2D eigenvalue weighted by Crippen LogP contribution is -2.28. The molecule has 4 nitrogen and oxygen atoms in total. The zero-order valence-corrected chi connectivity index (χ0v) is 16.2. The number of carbonyl (C=O) groups is 1. The van der Waals surface area contributed by atoms with Gasteiger partial charge in [-0.05, 0) is 38.7 Å². The normalized spacial score (nSPS) is 16.7. The van der Waals surface area contributed by atoms with Crippen LogP contribution in [0.1, 0.15) is 93.3 Å². The first-order valence-electron chi connectivity index (χ1n) is 10.1. The molecule has 1 aliphatic heterocycles. The minimum atomic E-state index is -0.362. The number of aryl methyl sites for hydroxylation is 1. The molecule has 1 atom stereocenters. The van der Waals surface area contributed by atoms with Gasteiger partial charge in [0.2, 0.25) is 0 Å². The summed E-state index contributed by atoms with van der Waals surface area (Å²) in [6.07, 6.45) is 16.3. The van der Waals surface area contributed by atoms with Crippen molar-refractivity contribution in [2.24, 2.45) is 0 Å². The summed E-state index contributed by atoms with van der Waals surface area (Å²) in [6.45, 7) is 3.91. The largest absolute Gasteiger partial charge is 0.459 e. The van der Waals surface area contributed by atoms with E-state index in [1.807, 2.05) is 6.92 Å². The fourth-order valence-electron chi connectivity index (χ4n) is 3.55. The number of allylic oxidation sites excluding steroid dienone is 2. The van der Waals surface area contributed by atoms with Crippen LogP contribution in [0.5, 0.6) is 0 Å². The van der Waals surface area contributed by atoms with Crippen molar-refractivity contribution in [2.75, 3.05) is 0 Å². The molecule has 1 unspecified atom stereocenters. The summed E-state index contributed by atoms with van der Waals surface area (Å²) < 4.78 is 10.6. The highest BCUT2D eigenvalue weighted by molar-refractivity contribution is 5.93. The molecule has 2 heterocycles. The highest BCUT2D eigenvalue weighted by Gasteiger charge is 2.28. The van der Waals surface area contributed by atoms with Crippen molar-refractivity contribution in [1.29, 1.82) is 0 Å². The molecule has 0 radical (unpaired) electrons. The summed E-state index contributed by atoms with van der Waals surface area (Å²) in [5.41, 5.74) is 0.903. The van der Waals surface area contributed by atoms with Crippen LogP contribution in [0.15, 0.2) is 27.4 Å². The number of unbranched alkanes of at least 4 members (excludes halogenated alkanes) is 8. The maximum absolute atomic E-state index is 12.1. The molecule has 144 valence electrons. The Labute approximate surface area is 156 Å². The number of hydrogen-bond donors (Lipinski definition) is 0. The first-order valence-corrected chi connectivity index (χ1v) is 10.1. The molecule has 0 saturated heterocycles. The summed E-state index contributed by atoms with van der Waals surface area (Å²) >= 11 is 0. The van der Waals surface area contributed by atoms with Crippen LogP contribution in [-0.2, 0) is 17.6 Å². The van der Waals surface area contributed by atoms with Crippen molar-refractivity contribution in [3.63, 3.8) is 0 Å². The second kappa shape index (κ2) is 11.0. The van der Waals surface area contributed by atoms with Gasteiger partial charge in [0.1, 0.15) is 17.4 Å². The number of fused-ring (bicyclic) bond motifs is 1. The fraction of sp³-hybridized carbons (Fsp3) is 0.636. The summed E-state index contributed by atoms with van der Waals surface area (Å²) in [6, 6.07) is 1.44. The van der Waals surface area contributed by atoms with Gasteiger partial charge in [0.25, 0.3) is 0 Å². The molecule has 0 amide bonds. The number of hydrogen-bond acceptors (Lipinski definition) is 4. The highest BCUT2D eigenvalue weighted by atomic mass is 16.5. The molecule has 0 saturated carbocycles. The van der Waals surface area contributed by atoms with E-state index in [0.29, 0.717) is 24.2 Å². The summed E-state index contributed by atoms with van der Waals surface area (Å²) in [5, 5.41) is 0. The quantitative estimate of drug-likeness (QED) is 0.302. The Morgan fingerprint density at radius 2 is 1.69 bits per heavy atom. The molecule has 1 aromatic rings. The second-order valence-electron chi connectivity index (χ2n) is 7.25. The van der Waals surface area contributed by atoms with Gasteiger partial charge in [-0.3, -0.25) is 0 Å². The Bertz CT molecular complexity index is 657. The highest BCUT2D eigenvalue weighted by Crippen LogP contribution is 2.24. The lowest BCUT2D eigenvalue weighted by atomic mass is 9.97. The Morgan fingerprint density at radius 1 is 1.04 bits per heavy atom. The van der Waals surface area contributed by atoms with Crippen molar-refractivity contribution >= 4 is 5.97 Å². The minimum absolute atomic E-state index is 0.178. The van der Waals surface area contributed by atoms with Crippen molar-refractivity contribution in [3.05, 3.63) is 45.5 Å². The SMILES string of the molecule is CC=CCCCCCCCCCCc1oc(=O)cc2c1C(=O)OC(C)C2. The van der Waals surface area contributed by atoms with E-state index >= 15 is 0 Å². The number of rotatable bonds is 11. The monoisotopic (exact) mass is 360 g/mol. The Hall–Kier alpha value is -1.84. The van der Waals surface area contributed by atoms with E-state index in [-0.39, 0.29) is 17.7 Å². The lowest BCUT2D eigenvalue weighted by Gasteiger charge is -2.22. The number of cyclic esters (lactones) is 1. The third-order valence-electron chi connectivity index (χ3n) is 4.90. The van der Waals surface area contributed by atoms with E-state index in [0.717, 1.165) is 18.4 Å². The van der Waals surface area contributed by atoms with Gasteiger partial charge in [0.15, 0.2) is 0 Å². The van der Waals surface area contributed by atoms with Crippen LogP contribution in [-0.4, -0.2) is 12.1 Å². The zero-order valence-electron chi connectivity index (χ0n) is 16.2. The van der Waals surface area contributed by atoms with Gasteiger partial charge in [0.05, 0.1) is 0 Å². The van der Waals surface area contributed by atoms with Crippen molar-refractivity contribution in [3.8, 4) is 0 Å². The van der Waals surface area contributed by atoms with Crippen LogP contribution in [0.2, 0.25) is 0 Å². The average Bonchev–Trinajstić information content (AvgIpc) is 2.58. The van der Waals surface area contributed by atoms with Gasteiger partial charge in [-0.2, -0.15) is 0 Å². The molecule has 0 N–H and O–H groups in total. The van der Waals surface area contributed by atoms with Gasteiger partial charge < -0.3 is 9.15 Å². The van der Waals surface area contributed by atoms with Crippen molar-refractivity contribution in [2.45, 2.75) is 90.6 Å². The maximum atomic E-state index is 12.1. The van der Waals surface area contributed by atoms with Crippen LogP contribution < -0.4 is 5.63 Å². The van der Waals surface area contributed by atoms with E-state index in [9.17, 15) is 9.59 Å². The van der Waals surface area contributed by atoms with Crippen molar-refractivity contribution < 1.29 is 13.9 Å². The summed E-state index contributed by atoms with van der Waals surface area (Å²) in [7, 11) is 0. The van der Waals surface area contributed by atoms with E-state index in [4.69, 9.17) is 9.15 Å². The van der Waals surface area contributed by atoms with E-state index in [2.05, 4.69) is 19.1 Å². The van der Waals surface area contributed by atoms with E-state index in [1.165, 1.54) is 51.0 Å². The first-order chi connectivity index (χ1) is 12.6. The molecular weight excluding hydrogens is 328 g/mol. The van der Waals surface area contributed by atoms with Gasteiger partial charge in [-0.15, -0.1) is 0 Å². The molecule has 0 fully saturated rings. The molecule has 2 rings (SSSR count). The van der Waals surface area contributed by atoms with Crippen LogP contribution in [0.4, 0.5) is 0 Å². The molecule has 1 aliphatic rings. The Morgan fingerprint density at radius 3 is 2.38 bits per heavy atom. The number of ether oxygens (including phenoxy) is 1. The standard InChI is InChI=1S/C22H32O4/c1-3-4-5-6-7-8-9-10-11-12-13-14-19-21-18(16-20(23)26-19)15-17(2)25-22(21)24/h3-4,16-17H,5-15H2,1-2H3. The second-order valence-corrected chi connectivity index (χ2v) is 7.25. The third-order valence-corrected chi connectivity index (χ3v) is 4.90. The number of esters is 1. The predicted molar refractivity (Wildman–Crippen MR) is 104 cm³/mol. The Balaban J connectivity index is 1.69. The molecule has 1 aromatic heterocycles. The first kappa shape index (κ1) is 20.5. The van der Waals surface area contributed by atoms with Crippen LogP contribution in [0.25, 0.3) is 0 Å². The van der Waals surface area contributed by atoms with E-state index in [1.54, 1.807) is 0 Å². The minimum Gasteiger partial charge on any atom is -0.459 e. The zero-order chi connectivity index (χ0) is 18.8. The topological polar surface area (TPSA) is 56.5 Å². The van der Waals surface area contributed by atoms with Crippen molar-refractivity contribution in [1.82, 2.24) is 0 Å². The van der Waals surface area contributed by atoms with Gasteiger partial charge >= 0.3 is 11.6 Å². The molecular formula is C22H32O4. The van der Waals surface area contributed by atoms with Gasteiger partial charge in [0, 0.05) is 18.9 Å². The van der Waals surface area contributed by atoms with Crippen LogP contribution in [0.3, 0.4) is 0 Å². The molecule has 0 spiro atoms. The number of carbonyl (C=O) groups excluding carboxylic acids is 1. The lowest BCUT2D eigenvalue weighted by molar-refractivity contribution is 0.0293. The van der Waals surface area contributed by atoms with E-state index < -0.39 is 0 Å². The molecule has 0 aromatic carbocycles. The Kier molecular flexibility index (Phi) is 8.66. The summed E-state index contributed by atoms with van der Waals surface area (Å²) in [5.74, 6) is 0.156. The van der Waals surface area contributed by atoms with Gasteiger partial charge in [-0.1, -0.05) is 50.7 Å². The van der Waals surface area contributed by atoms with Crippen LogP contribution >= 0.6 is 0 Å². The van der Waals surface area contributed by atoms with Gasteiger partial charge in [-0.25, -0.2) is 9.59 Å². The predicted octanol–water partition coefficient (Wildman–Crippen LogP) is 5.37. The molecule has 26 heavy (non-hydrogen) atoms. The molecule has 0 aliphatic carbocycles. The smallest absolute Gasteiger partial charge is 0.342 e. The third kappa shape index (κ3) is 6.47.